The Morgan fingerprint density at radius 2 is 1.97 bits per heavy atom. The number of carbonyl (C=O) groups is 1. The molecule has 1 atom stereocenters. The van der Waals surface area contributed by atoms with Gasteiger partial charge in [0.1, 0.15) is 17.2 Å². The number of rotatable bonds is 7. The number of ether oxygens (including phenoxy) is 2. The van der Waals surface area contributed by atoms with Gasteiger partial charge in [-0.2, -0.15) is 5.10 Å². The molecule has 0 fully saturated rings. The lowest BCUT2D eigenvalue weighted by molar-refractivity contribution is -0.00714. The van der Waals surface area contributed by atoms with Crippen LogP contribution < -0.4 is 11.1 Å². The minimum Gasteiger partial charge on any atom is -0.456 e. The van der Waals surface area contributed by atoms with E-state index in [2.05, 4.69) is 15.3 Å². The van der Waals surface area contributed by atoms with Gasteiger partial charge < -0.3 is 20.5 Å². The molecule has 1 aliphatic rings. The first-order valence-electron chi connectivity index (χ1n) is 11.9. The molecule has 4 aromatic rings. The molecule has 0 aliphatic carbocycles. The van der Waals surface area contributed by atoms with Crippen molar-refractivity contribution in [3.63, 3.8) is 0 Å². The van der Waals surface area contributed by atoms with E-state index >= 15 is 0 Å². The van der Waals surface area contributed by atoms with Gasteiger partial charge in [0.2, 0.25) is 0 Å². The number of nitrogens with two attached hydrogens (primary N) is 1. The van der Waals surface area contributed by atoms with Crippen molar-refractivity contribution in [1.82, 2.24) is 19.7 Å². The largest absolute Gasteiger partial charge is 0.456 e. The minimum absolute atomic E-state index is 0.351. The van der Waals surface area contributed by atoms with Crippen molar-refractivity contribution in [1.29, 1.82) is 0 Å². The van der Waals surface area contributed by atoms with Crippen LogP contribution >= 0.6 is 0 Å². The Morgan fingerprint density at radius 3 is 2.72 bits per heavy atom. The first kappa shape index (κ1) is 23.9. The van der Waals surface area contributed by atoms with Crippen molar-refractivity contribution in [2.24, 2.45) is 5.73 Å². The molecular weight excluding hydrogens is 456 g/mol. The summed E-state index contributed by atoms with van der Waals surface area (Å²) in [4.78, 5) is 21.6. The van der Waals surface area contributed by atoms with Gasteiger partial charge in [-0.25, -0.2) is 14.8 Å². The molecule has 3 N–H and O–H groups in total. The fourth-order valence-electron chi connectivity index (χ4n) is 4.56. The Morgan fingerprint density at radius 1 is 1.19 bits per heavy atom. The van der Waals surface area contributed by atoms with E-state index in [4.69, 9.17) is 20.3 Å². The van der Waals surface area contributed by atoms with Gasteiger partial charge in [-0.3, -0.25) is 4.68 Å². The van der Waals surface area contributed by atoms with Crippen LogP contribution in [0, 0.1) is 0 Å². The quantitative estimate of drug-likeness (QED) is 0.377. The molecule has 0 amide bonds. The van der Waals surface area contributed by atoms with Gasteiger partial charge in [0.15, 0.2) is 0 Å². The fourth-order valence-corrected chi connectivity index (χ4v) is 4.56. The van der Waals surface area contributed by atoms with Gasteiger partial charge in [0.05, 0.1) is 47.4 Å². The first-order valence-corrected chi connectivity index (χ1v) is 11.9. The smallest absolute Gasteiger partial charge is 0.340 e. The molecular formula is C27H30N6O3. The molecule has 9 nitrogen and oxygen atoms in total. The molecule has 5 rings (SSSR count). The van der Waals surface area contributed by atoms with Crippen LogP contribution in [0.5, 0.6) is 0 Å². The second kappa shape index (κ2) is 9.00. The van der Waals surface area contributed by atoms with Crippen molar-refractivity contribution in [3.8, 4) is 0 Å². The SMILES string of the molecule is COCCn1nc(C(C)(N)c2ccccc2)c2cc(Nc3ccc4c(n3)CC(C)(C)OC4=O)ncc21. The summed E-state index contributed by atoms with van der Waals surface area (Å²) in [5.74, 6) is 0.845. The molecule has 3 aromatic heterocycles. The van der Waals surface area contributed by atoms with Crippen LogP contribution in [-0.4, -0.2) is 45.0 Å². The Balaban J connectivity index is 1.54. The predicted molar refractivity (Wildman–Crippen MR) is 137 cm³/mol. The number of anilines is 2. The second-order valence-electron chi connectivity index (χ2n) is 9.86. The molecule has 0 spiro atoms. The van der Waals surface area contributed by atoms with Gasteiger partial charge in [-0.05, 0) is 44.5 Å². The second-order valence-corrected chi connectivity index (χ2v) is 9.86. The molecule has 9 heteroatoms. The maximum absolute atomic E-state index is 12.3. The predicted octanol–water partition coefficient (Wildman–Crippen LogP) is 3.93. The number of pyridine rings is 2. The summed E-state index contributed by atoms with van der Waals surface area (Å²) in [5.41, 5.74) is 9.22. The van der Waals surface area contributed by atoms with E-state index in [1.54, 1.807) is 25.4 Å². The zero-order chi connectivity index (χ0) is 25.5. The lowest BCUT2D eigenvalue weighted by Crippen LogP contribution is -2.36. The van der Waals surface area contributed by atoms with Gasteiger partial charge in [-0.1, -0.05) is 30.3 Å². The molecule has 0 bridgehead atoms. The van der Waals surface area contributed by atoms with Crippen molar-refractivity contribution >= 4 is 28.5 Å². The average molecular weight is 487 g/mol. The van der Waals surface area contributed by atoms with E-state index in [-0.39, 0.29) is 5.97 Å². The fraction of sp³-hybridized carbons (Fsp3) is 0.333. The van der Waals surface area contributed by atoms with Crippen LogP contribution in [0.25, 0.3) is 10.9 Å². The number of aromatic nitrogens is 4. The summed E-state index contributed by atoms with van der Waals surface area (Å²) in [7, 11) is 1.66. The normalized spacial score (nSPS) is 16.3. The van der Waals surface area contributed by atoms with Crippen LogP contribution in [0.3, 0.4) is 0 Å². The summed E-state index contributed by atoms with van der Waals surface area (Å²) >= 11 is 0. The van der Waals surface area contributed by atoms with Crippen molar-refractivity contribution < 1.29 is 14.3 Å². The highest BCUT2D eigenvalue weighted by Gasteiger charge is 2.34. The Bertz CT molecular complexity index is 1430. The maximum Gasteiger partial charge on any atom is 0.340 e. The monoisotopic (exact) mass is 486 g/mol. The standard InChI is InChI=1S/C27H30N6O3/c1-26(2)15-20-18(25(34)36-26)10-11-22(30-20)31-23-14-19-21(16-29-23)33(12-13-35-4)32-24(19)27(3,28)17-8-6-5-7-9-17/h5-11,14,16H,12-13,15,28H2,1-4H3,(H,29,30,31). The number of cyclic esters (lactones) is 1. The summed E-state index contributed by atoms with van der Waals surface area (Å²) in [5, 5.41) is 9.05. The number of carbonyl (C=O) groups excluding carboxylic acids is 1. The van der Waals surface area contributed by atoms with Crippen molar-refractivity contribution in [2.45, 2.75) is 44.9 Å². The summed E-state index contributed by atoms with van der Waals surface area (Å²) in [6, 6.07) is 15.3. The average Bonchev–Trinajstić information content (AvgIpc) is 3.21. The van der Waals surface area contributed by atoms with Crippen LogP contribution in [0.2, 0.25) is 0 Å². The van der Waals surface area contributed by atoms with Crippen molar-refractivity contribution in [3.05, 3.63) is 77.2 Å². The van der Waals surface area contributed by atoms with Crippen LogP contribution in [0.15, 0.2) is 54.7 Å². The first-order chi connectivity index (χ1) is 17.2. The topological polar surface area (TPSA) is 117 Å². The molecule has 1 unspecified atom stereocenters. The number of nitrogens with zero attached hydrogens (tertiary/aromatic N) is 4. The number of esters is 1. The lowest BCUT2D eigenvalue weighted by atomic mass is 9.88. The van der Waals surface area contributed by atoms with E-state index in [1.807, 2.05) is 61.9 Å². The Labute approximate surface area is 209 Å². The lowest BCUT2D eigenvalue weighted by Gasteiger charge is -2.30. The highest BCUT2D eigenvalue weighted by Crippen LogP contribution is 2.33. The van der Waals surface area contributed by atoms with Crippen LogP contribution in [0.4, 0.5) is 11.6 Å². The number of benzene rings is 1. The van der Waals surface area contributed by atoms with Gasteiger partial charge in [-0.15, -0.1) is 0 Å². The Kier molecular flexibility index (Phi) is 5.97. The number of hydrogen-bond acceptors (Lipinski definition) is 8. The molecule has 1 aliphatic heterocycles. The number of fused-ring (bicyclic) bond motifs is 2. The molecule has 0 radical (unpaired) electrons. The zero-order valence-corrected chi connectivity index (χ0v) is 20.9. The van der Waals surface area contributed by atoms with E-state index in [9.17, 15) is 4.79 Å². The molecule has 0 saturated carbocycles. The summed E-state index contributed by atoms with van der Waals surface area (Å²) < 4.78 is 12.6. The third-order valence-electron chi connectivity index (χ3n) is 6.42. The third-order valence-corrected chi connectivity index (χ3v) is 6.42. The third kappa shape index (κ3) is 4.43. The van der Waals surface area contributed by atoms with E-state index in [0.29, 0.717) is 42.5 Å². The van der Waals surface area contributed by atoms with Gasteiger partial charge in [0.25, 0.3) is 0 Å². The molecule has 1 aromatic carbocycles. The van der Waals surface area contributed by atoms with Crippen LogP contribution in [-0.2, 0) is 28.0 Å². The molecule has 4 heterocycles. The molecule has 36 heavy (non-hydrogen) atoms. The zero-order valence-electron chi connectivity index (χ0n) is 20.9. The van der Waals surface area contributed by atoms with Crippen LogP contribution in [0.1, 0.15) is 48.1 Å². The van der Waals surface area contributed by atoms with E-state index < -0.39 is 11.1 Å². The van der Waals surface area contributed by atoms with Crippen molar-refractivity contribution in [2.75, 3.05) is 19.0 Å². The van der Waals surface area contributed by atoms with E-state index in [0.717, 1.165) is 22.2 Å². The van der Waals surface area contributed by atoms with Gasteiger partial charge >= 0.3 is 5.97 Å². The van der Waals surface area contributed by atoms with E-state index in [1.165, 1.54) is 0 Å². The minimum atomic E-state index is -0.827. The Hall–Kier alpha value is -3.82. The maximum atomic E-state index is 12.3. The summed E-state index contributed by atoms with van der Waals surface area (Å²) in [6.07, 6.45) is 2.32. The summed E-state index contributed by atoms with van der Waals surface area (Å²) in [6.45, 7) is 6.81. The molecule has 0 saturated heterocycles. The molecule has 186 valence electrons. The number of methoxy groups -OCH3 is 1. The van der Waals surface area contributed by atoms with Gasteiger partial charge in [0, 0.05) is 18.9 Å². The number of hydrogen-bond donors (Lipinski definition) is 2. The highest BCUT2D eigenvalue weighted by molar-refractivity contribution is 5.92. The highest BCUT2D eigenvalue weighted by atomic mass is 16.6. The number of nitrogens with one attached hydrogen (secondary N) is 1.